The van der Waals surface area contributed by atoms with Crippen molar-refractivity contribution in [3.8, 4) is 0 Å². The molecule has 3 N–H and O–H groups in total. The second-order valence-electron chi connectivity index (χ2n) is 5.19. The maximum absolute atomic E-state index is 12.3. The Labute approximate surface area is 128 Å². The summed E-state index contributed by atoms with van der Waals surface area (Å²) in [6.45, 7) is 4.43. The van der Waals surface area contributed by atoms with Gasteiger partial charge in [-0.3, -0.25) is 4.72 Å². The van der Waals surface area contributed by atoms with Crippen LogP contribution in [-0.4, -0.2) is 23.2 Å². The van der Waals surface area contributed by atoms with Gasteiger partial charge in [-0.25, -0.2) is 8.42 Å². The number of aryl methyl sites for hydroxylation is 1. The van der Waals surface area contributed by atoms with Crippen molar-refractivity contribution in [3.05, 3.63) is 23.0 Å². The van der Waals surface area contributed by atoms with Crippen LogP contribution in [0.5, 0.6) is 0 Å². The molecular formula is C12H19N5O2S2. The van der Waals surface area contributed by atoms with E-state index in [9.17, 15) is 8.42 Å². The lowest BCUT2D eigenvalue weighted by Gasteiger charge is -2.01. The van der Waals surface area contributed by atoms with E-state index in [1.54, 1.807) is 17.7 Å². The molecule has 0 radical (unpaired) electrons. The van der Waals surface area contributed by atoms with Crippen LogP contribution in [0.1, 0.15) is 24.5 Å². The molecule has 0 fully saturated rings. The Hall–Kier alpha value is -1.45. The quantitative estimate of drug-likeness (QED) is 0.832. The van der Waals surface area contributed by atoms with Gasteiger partial charge in [0.25, 0.3) is 10.0 Å². The van der Waals surface area contributed by atoms with E-state index in [1.165, 1.54) is 17.5 Å². The average Bonchev–Trinajstić information content (AvgIpc) is 2.95. The van der Waals surface area contributed by atoms with Gasteiger partial charge in [0.05, 0.1) is 0 Å². The summed E-state index contributed by atoms with van der Waals surface area (Å²) in [4.78, 5) is 0.172. The highest BCUT2D eigenvalue weighted by Gasteiger charge is 2.19. The number of hydrogen-bond acceptors (Lipinski definition) is 6. The second-order valence-corrected chi connectivity index (χ2v) is 7.93. The van der Waals surface area contributed by atoms with E-state index in [0.29, 0.717) is 5.92 Å². The Balaban J connectivity index is 2.18. The summed E-state index contributed by atoms with van der Waals surface area (Å²) in [6, 6.07) is 1.55. The molecular weight excluding hydrogens is 310 g/mol. The maximum Gasteiger partial charge on any atom is 0.265 e. The van der Waals surface area contributed by atoms with Crippen molar-refractivity contribution in [2.24, 2.45) is 18.7 Å². The minimum atomic E-state index is -3.66. The molecule has 0 spiro atoms. The van der Waals surface area contributed by atoms with Crippen molar-refractivity contribution in [1.29, 1.82) is 0 Å². The highest BCUT2D eigenvalue weighted by molar-refractivity contribution is 7.93. The van der Waals surface area contributed by atoms with Crippen LogP contribution in [0.2, 0.25) is 0 Å². The topological polar surface area (TPSA) is 103 Å². The van der Waals surface area contributed by atoms with Gasteiger partial charge in [0.2, 0.25) is 5.13 Å². The summed E-state index contributed by atoms with van der Waals surface area (Å²) in [5.74, 6) is 0.448. The molecule has 2 heterocycles. The largest absolute Gasteiger partial charge is 0.352 e. The Morgan fingerprint density at radius 2 is 2.14 bits per heavy atom. The first-order valence-corrected chi connectivity index (χ1v) is 8.82. The zero-order valence-corrected chi connectivity index (χ0v) is 13.8. The van der Waals surface area contributed by atoms with Crippen LogP contribution >= 0.6 is 11.3 Å². The van der Waals surface area contributed by atoms with Crippen LogP contribution in [0.4, 0.5) is 5.13 Å². The molecule has 2 rings (SSSR count). The Bertz CT molecular complexity index is 718. The minimum absolute atomic E-state index is 0.172. The standard InChI is InChI=1S/C12H19N5O2S2/c1-8(2)4-11-14-15-12(20-11)16-21(18,19)10-5-9(6-13)17(3)7-10/h5,7-8H,4,6,13H2,1-3H3,(H,15,16). The van der Waals surface area contributed by atoms with E-state index in [4.69, 9.17) is 5.73 Å². The lowest BCUT2D eigenvalue weighted by molar-refractivity contribution is 0.601. The zero-order chi connectivity index (χ0) is 15.6. The molecule has 7 nitrogen and oxygen atoms in total. The van der Waals surface area contributed by atoms with Crippen molar-refractivity contribution in [2.45, 2.75) is 31.7 Å². The molecule has 0 saturated carbocycles. The highest BCUT2D eigenvalue weighted by Crippen LogP contribution is 2.22. The zero-order valence-electron chi connectivity index (χ0n) is 12.2. The third-order valence-corrected chi connectivity index (χ3v) is 5.17. The number of anilines is 1. The first-order chi connectivity index (χ1) is 9.81. The summed E-state index contributed by atoms with van der Waals surface area (Å²) < 4.78 is 28.7. The number of sulfonamides is 1. The van der Waals surface area contributed by atoms with Crippen LogP contribution in [-0.2, 0) is 30.0 Å². The average molecular weight is 329 g/mol. The minimum Gasteiger partial charge on any atom is -0.352 e. The fourth-order valence-electron chi connectivity index (χ4n) is 1.83. The molecule has 0 amide bonds. The van der Waals surface area contributed by atoms with Crippen molar-refractivity contribution in [3.63, 3.8) is 0 Å². The molecule has 9 heteroatoms. The fourth-order valence-corrected chi connectivity index (χ4v) is 4.10. The van der Waals surface area contributed by atoms with Crippen molar-refractivity contribution >= 4 is 26.5 Å². The maximum atomic E-state index is 12.3. The molecule has 0 aliphatic rings. The molecule has 0 atom stereocenters. The molecule has 0 unspecified atom stereocenters. The lowest BCUT2D eigenvalue weighted by atomic mass is 10.1. The second kappa shape index (κ2) is 6.12. The van der Waals surface area contributed by atoms with Crippen LogP contribution in [0, 0.1) is 5.92 Å². The summed E-state index contributed by atoms with van der Waals surface area (Å²) in [5, 5.41) is 8.96. The summed E-state index contributed by atoms with van der Waals surface area (Å²) >= 11 is 1.26. The first-order valence-electron chi connectivity index (χ1n) is 6.52. The van der Waals surface area contributed by atoms with Gasteiger partial charge in [-0.15, -0.1) is 10.2 Å². The van der Waals surface area contributed by atoms with Gasteiger partial charge in [-0.2, -0.15) is 0 Å². The van der Waals surface area contributed by atoms with Crippen LogP contribution < -0.4 is 10.5 Å². The number of nitrogens with zero attached hydrogens (tertiary/aromatic N) is 3. The molecule has 2 aromatic heterocycles. The Morgan fingerprint density at radius 1 is 1.43 bits per heavy atom. The Kier molecular flexibility index (Phi) is 4.64. The molecule has 2 aromatic rings. The normalized spacial score (nSPS) is 12.0. The van der Waals surface area contributed by atoms with Gasteiger partial charge in [0.15, 0.2) is 0 Å². The molecule has 0 aromatic carbocycles. The van der Waals surface area contributed by atoms with E-state index in [-0.39, 0.29) is 16.6 Å². The highest BCUT2D eigenvalue weighted by atomic mass is 32.2. The molecule has 116 valence electrons. The molecule has 21 heavy (non-hydrogen) atoms. The van der Waals surface area contributed by atoms with Gasteiger partial charge in [-0.05, 0) is 12.0 Å². The molecule has 0 bridgehead atoms. The first kappa shape index (κ1) is 15.9. The number of nitrogens with two attached hydrogens (primary N) is 1. The summed E-state index contributed by atoms with van der Waals surface area (Å²) in [7, 11) is -1.90. The molecule has 0 saturated heterocycles. The van der Waals surface area contributed by atoms with Gasteiger partial charge in [0.1, 0.15) is 9.90 Å². The summed E-state index contributed by atoms with van der Waals surface area (Å²) in [6.07, 6.45) is 2.31. The van der Waals surface area contributed by atoms with Crippen molar-refractivity contribution < 1.29 is 8.42 Å². The predicted molar refractivity (Wildman–Crippen MR) is 82.6 cm³/mol. The van der Waals surface area contributed by atoms with E-state index in [1.807, 2.05) is 0 Å². The molecule has 0 aliphatic carbocycles. The van der Waals surface area contributed by atoms with Gasteiger partial charge in [-0.1, -0.05) is 25.2 Å². The van der Waals surface area contributed by atoms with E-state index >= 15 is 0 Å². The van der Waals surface area contributed by atoms with Gasteiger partial charge in [0, 0.05) is 31.9 Å². The SMILES string of the molecule is CC(C)Cc1nnc(NS(=O)(=O)c2cc(CN)n(C)c2)s1. The smallest absolute Gasteiger partial charge is 0.265 e. The van der Waals surface area contributed by atoms with Crippen LogP contribution in [0.3, 0.4) is 0 Å². The Morgan fingerprint density at radius 3 is 2.71 bits per heavy atom. The lowest BCUT2D eigenvalue weighted by Crippen LogP contribution is -2.12. The summed E-state index contributed by atoms with van der Waals surface area (Å²) in [5.41, 5.74) is 6.30. The monoisotopic (exact) mass is 329 g/mol. The van der Waals surface area contributed by atoms with E-state index in [0.717, 1.165) is 17.1 Å². The van der Waals surface area contributed by atoms with Gasteiger partial charge >= 0.3 is 0 Å². The predicted octanol–water partition coefficient (Wildman–Crippen LogP) is 1.33. The van der Waals surface area contributed by atoms with Crippen LogP contribution in [0.15, 0.2) is 17.2 Å². The molecule has 0 aliphatic heterocycles. The third-order valence-electron chi connectivity index (χ3n) is 2.87. The van der Waals surface area contributed by atoms with Crippen molar-refractivity contribution in [2.75, 3.05) is 4.72 Å². The van der Waals surface area contributed by atoms with Crippen molar-refractivity contribution in [1.82, 2.24) is 14.8 Å². The van der Waals surface area contributed by atoms with E-state index in [2.05, 4.69) is 28.8 Å². The number of hydrogen-bond donors (Lipinski definition) is 2. The van der Waals surface area contributed by atoms with E-state index < -0.39 is 10.0 Å². The fraction of sp³-hybridized carbons (Fsp3) is 0.500. The number of rotatable bonds is 6. The van der Waals surface area contributed by atoms with Gasteiger partial charge < -0.3 is 10.3 Å². The van der Waals surface area contributed by atoms with Crippen LogP contribution in [0.25, 0.3) is 0 Å². The third kappa shape index (κ3) is 3.80. The number of aromatic nitrogens is 3. The number of nitrogens with one attached hydrogen (secondary N) is 1.